The van der Waals surface area contributed by atoms with Gasteiger partial charge in [0, 0.05) is 47.2 Å². The van der Waals surface area contributed by atoms with Crippen molar-refractivity contribution in [1.82, 2.24) is 14.4 Å². The highest BCUT2D eigenvalue weighted by Gasteiger charge is 2.29. The van der Waals surface area contributed by atoms with E-state index in [9.17, 15) is 72.2 Å². The van der Waals surface area contributed by atoms with Crippen molar-refractivity contribution in [2.75, 3.05) is 17.7 Å². The number of pyridine rings is 1. The SMILES string of the molecule is CC(=O)Nc1cc(S(=O)(=O)O)c2nc(N=Nc3cc(OCCCS(=O)(=O)O)c(N=Nc4c(S(=O)(=O)O)cc5c(S(=O)(=O)O)c(N=Nc6c(C)c(C#N)c7nc8c(n7c6O)C=C=C8)ccc5c4O)cc3C)sc2c1. The number of imidazole rings is 1. The fraction of sp³-hybridized carbons (Fsp3) is 0.146. The lowest BCUT2D eigenvalue weighted by Gasteiger charge is -2.13. The highest BCUT2D eigenvalue weighted by Crippen LogP contribution is 2.47. The predicted molar refractivity (Wildman–Crippen MR) is 258 cm³/mol. The molecule has 0 saturated carbocycles. The van der Waals surface area contributed by atoms with E-state index in [0.717, 1.165) is 29.5 Å². The molecule has 1 aliphatic carbocycles. The summed E-state index contributed by atoms with van der Waals surface area (Å²) >= 11 is 0.822. The van der Waals surface area contributed by atoms with Crippen LogP contribution in [0.25, 0.3) is 38.8 Å². The van der Waals surface area contributed by atoms with Gasteiger partial charge in [-0.3, -0.25) is 27.4 Å². The van der Waals surface area contributed by atoms with Crippen molar-refractivity contribution >= 4 is 136 Å². The molecule has 0 bridgehead atoms. The van der Waals surface area contributed by atoms with E-state index in [4.69, 9.17) is 4.74 Å². The smallest absolute Gasteiger partial charge is 0.297 e. The third-order valence-corrected chi connectivity index (χ3v) is 14.8. The van der Waals surface area contributed by atoms with Crippen LogP contribution >= 0.6 is 11.3 Å². The number of aromatic nitrogens is 3. The number of ether oxygens (including phenoxy) is 1. The van der Waals surface area contributed by atoms with Gasteiger partial charge in [0.15, 0.2) is 17.1 Å². The van der Waals surface area contributed by atoms with Gasteiger partial charge in [0.2, 0.25) is 16.9 Å². The summed E-state index contributed by atoms with van der Waals surface area (Å²) in [5.74, 6) is -3.20. The molecule has 1 amide bonds. The lowest BCUT2D eigenvalue weighted by Crippen LogP contribution is -2.08. The van der Waals surface area contributed by atoms with Crippen LogP contribution in [0.4, 0.5) is 39.3 Å². The minimum absolute atomic E-state index is 0.0194. The Morgan fingerprint density at radius 2 is 1.49 bits per heavy atom. The Kier molecular flexibility index (Phi) is 13.3. The predicted octanol–water partition coefficient (Wildman–Crippen LogP) is 8.24. The maximum absolute atomic E-state index is 13.0. The van der Waals surface area contributed by atoms with Crippen LogP contribution in [0.1, 0.15) is 41.4 Å². The standard InChI is InChI=1S/C41H31N11O16S5/c1-18-12-28(30(68-10-5-11-70(56,57)58)16-27(18)47-51-41-45-35-31(69-41)13-21(43-20(3)53)14-32(35)71(59,60)61)48-50-36-33(72(62,63)64)15-23-22(37(36)54)8-9-26(38(23)73(65,66)67)46-49-34-19(2)24(17-42)39-44-25-6-4-7-29(25)52(39)40(34)55/h6-9,12-16,54-55H,5,10-11H2,1-3H3,(H,43,53)(H,56,57,58)(H,59,60,61)(H,62,63,64)(H,65,66,67). The first-order chi connectivity index (χ1) is 34.1. The monoisotopic (exact) mass is 1090 g/mol. The van der Waals surface area contributed by atoms with E-state index in [2.05, 4.69) is 51.7 Å². The molecule has 0 fully saturated rings. The molecule has 0 atom stereocenters. The molecule has 32 heteroatoms. The number of fused-ring (bicyclic) bond motifs is 5. The Bertz CT molecular complexity index is 4270. The van der Waals surface area contributed by atoms with Crippen LogP contribution in [0, 0.1) is 25.2 Å². The van der Waals surface area contributed by atoms with E-state index in [1.807, 2.05) is 6.07 Å². The van der Waals surface area contributed by atoms with Crippen LogP contribution in [0.2, 0.25) is 0 Å². The molecule has 4 aromatic carbocycles. The van der Waals surface area contributed by atoms with E-state index >= 15 is 0 Å². The molecule has 73 heavy (non-hydrogen) atoms. The van der Waals surface area contributed by atoms with E-state index < -0.39 is 107 Å². The molecule has 0 spiro atoms. The first kappa shape index (κ1) is 51.4. The third-order valence-electron chi connectivity index (χ3n) is 10.5. The van der Waals surface area contributed by atoms with Crippen molar-refractivity contribution < 1.29 is 71.6 Å². The number of carbonyl (C=O) groups excluding carboxylic acids is 1. The topological polar surface area (TPSA) is 424 Å². The van der Waals surface area contributed by atoms with Crippen LogP contribution in [0.15, 0.2) is 93.6 Å². The molecule has 0 radical (unpaired) electrons. The van der Waals surface area contributed by atoms with E-state index in [0.29, 0.717) is 17.5 Å². The minimum atomic E-state index is -5.48. The van der Waals surface area contributed by atoms with Crippen LogP contribution in [0.3, 0.4) is 0 Å². The van der Waals surface area contributed by atoms with Crippen LogP contribution < -0.4 is 10.1 Å². The highest BCUT2D eigenvalue weighted by molar-refractivity contribution is 7.87. The number of azo groups is 3. The number of amides is 1. The summed E-state index contributed by atoms with van der Waals surface area (Å²) < 4.78 is 146. The third kappa shape index (κ3) is 10.4. The van der Waals surface area contributed by atoms with Gasteiger partial charge in [0.1, 0.15) is 54.6 Å². The number of aromatic hydroxyl groups is 2. The van der Waals surface area contributed by atoms with Gasteiger partial charge in [-0.05, 0) is 62.2 Å². The number of nitrogens with zero attached hydrogens (tertiary/aromatic N) is 10. The zero-order chi connectivity index (χ0) is 53.1. The summed E-state index contributed by atoms with van der Waals surface area (Å²) in [5, 5.41) is 57.9. The summed E-state index contributed by atoms with van der Waals surface area (Å²) in [4.78, 5) is 17.1. The second-order valence-corrected chi connectivity index (χ2v) is 22.2. The Labute approximate surface area is 414 Å². The van der Waals surface area contributed by atoms with Crippen molar-refractivity contribution in [3.8, 4) is 23.4 Å². The summed E-state index contributed by atoms with van der Waals surface area (Å²) in [5.41, 5.74) is 1.47. The number of hydrogen-bond donors (Lipinski definition) is 7. The van der Waals surface area contributed by atoms with Crippen molar-refractivity contribution in [3.05, 3.63) is 76.3 Å². The molecule has 0 saturated heterocycles. The lowest BCUT2D eigenvalue weighted by molar-refractivity contribution is -0.114. The van der Waals surface area contributed by atoms with Crippen molar-refractivity contribution in [1.29, 1.82) is 5.26 Å². The van der Waals surface area contributed by atoms with Crippen LogP contribution in [-0.4, -0.2) is 94.7 Å². The molecule has 3 aromatic heterocycles. The lowest BCUT2D eigenvalue weighted by atomic mass is 10.1. The summed E-state index contributed by atoms with van der Waals surface area (Å²) in [6, 6.07) is 9.34. The summed E-state index contributed by atoms with van der Waals surface area (Å²) in [7, 11) is -20.2. The molecule has 7 aromatic rings. The average molecular weight is 1090 g/mol. The largest absolute Gasteiger partial charge is 0.505 e. The number of phenolic OH excluding ortho intramolecular Hbond substituents is 1. The van der Waals surface area contributed by atoms with Gasteiger partial charge >= 0.3 is 0 Å². The summed E-state index contributed by atoms with van der Waals surface area (Å²) in [6.45, 7) is 3.66. The van der Waals surface area contributed by atoms with Crippen molar-refractivity contribution in [3.63, 3.8) is 0 Å². The number of phenols is 1. The molecular formula is C41H31N11O16S5. The normalized spacial score (nSPS) is 13.1. The van der Waals surface area contributed by atoms with Crippen LogP contribution in [0.5, 0.6) is 17.4 Å². The van der Waals surface area contributed by atoms with Gasteiger partial charge in [-0.1, -0.05) is 11.3 Å². The summed E-state index contributed by atoms with van der Waals surface area (Å²) in [6.07, 6.45) is 2.70. The van der Waals surface area contributed by atoms with E-state index in [1.165, 1.54) is 55.5 Å². The van der Waals surface area contributed by atoms with Gasteiger partial charge in [0.05, 0.1) is 34.1 Å². The molecule has 8 rings (SSSR count). The van der Waals surface area contributed by atoms with Gasteiger partial charge in [-0.15, -0.1) is 36.4 Å². The zero-order valence-electron chi connectivity index (χ0n) is 37.1. The average Bonchev–Trinajstić information content (AvgIpc) is 4.01. The second-order valence-electron chi connectivity index (χ2n) is 15.5. The van der Waals surface area contributed by atoms with Gasteiger partial charge in [-0.25, -0.2) is 9.97 Å². The van der Waals surface area contributed by atoms with Crippen molar-refractivity contribution in [2.45, 2.75) is 41.9 Å². The van der Waals surface area contributed by atoms with E-state index in [-0.39, 0.29) is 72.6 Å². The van der Waals surface area contributed by atoms with Crippen LogP contribution in [-0.2, 0) is 45.3 Å². The Balaban J connectivity index is 1.21. The molecular weight excluding hydrogens is 1060 g/mol. The van der Waals surface area contributed by atoms with E-state index in [1.54, 1.807) is 0 Å². The number of thiazole rings is 1. The number of benzene rings is 4. The molecule has 376 valence electrons. The first-order valence-electron chi connectivity index (χ1n) is 20.2. The molecule has 0 aliphatic heterocycles. The zero-order valence-corrected chi connectivity index (χ0v) is 41.2. The molecule has 3 heterocycles. The Morgan fingerprint density at radius 1 is 0.808 bits per heavy atom. The Hall–Kier alpha value is -7.96. The quantitative estimate of drug-likeness (QED) is 0.0220. The number of rotatable bonds is 15. The minimum Gasteiger partial charge on any atom is -0.505 e. The Morgan fingerprint density at radius 3 is 2.15 bits per heavy atom. The van der Waals surface area contributed by atoms with Gasteiger partial charge in [0.25, 0.3) is 40.5 Å². The molecule has 7 N–H and O–H groups in total. The molecule has 27 nitrogen and oxygen atoms in total. The van der Waals surface area contributed by atoms with Gasteiger partial charge < -0.3 is 20.3 Å². The maximum atomic E-state index is 13.0. The maximum Gasteiger partial charge on any atom is 0.297 e. The number of anilines is 1. The fourth-order valence-corrected chi connectivity index (χ4v) is 10.9. The van der Waals surface area contributed by atoms with Gasteiger partial charge in [-0.2, -0.15) is 38.9 Å². The van der Waals surface area contributed by atoms with Crippen molar-refractivity contribution in [2.24, 2.45) is 30.7 Å². The number of hydrogen-bond acceptors (Lipinski definition) is 22. The number of carbonyl (C=O) groups is 1. The fourth-order valence-electron chi connectivity index (χ4n) is 7.31. The first-order valence-corrected chi connectivity index (χ1v) is 26.9. The highest BCUT2D eigenvalue weighted by atomic mass is 32.2. The number of nitrogens with one attached hydrogen (secondary N) is 1. The number of aryl methyl sites for hydroxylation is 1. The number of nitriles is 1. The molecule has 1 aliphatic rings. The second kappa shape index (κ2) is 18.9. The molecule has 0 unspecified atom stereocenters.